The van der Waals surface area contributed by atoms with Crippen molar-refractivity contribution in [1.82, 2.24) is 15.2 Å². The highest BCUT2D eigenvalue weighted by Crippen LogP contribution is 2.27. The van der Waals surface area contributed by atoms with E-state index in [1.807, 2.05) is 13.8 Å². The Hall–Kier alpha value is -1.42. The van der Waals surface area contributed by atoms with E-state index in [0.717, 1.165) is 5.82 Å². The number of nitrogens with one attached hydrogen (secondary N) is 1. The second-order valence-electron chi connectivity index (χ2n) is 3.80. The lowest BCUT2D eigenvalue weighted by molar-refractivity contribution is 0.628. The van der Waals surface area contributed by atoms with Crippen LogP contribution in [-0.4, -0.2) is 15.2 Å². The van der Waals surface area contributed by atoms with Gasteiger partial charge in [-0.25, -0.2) is 9.37 Å². The van der Waals surface area contributed by atoms with Crippen molar-refractivity contribution in [2.24, 2.45) is 0 Å². The molecule has 1 N–H and O–H groups in total. The highest BCUT2D eigenvalue weighted by molar-refractivity contribution is 6.33. The van der Waals surface area contributed by atoms with Crippen molar-refractivity contribution in [2.45, 2.75) is 19.8 Å². The molecule has 0 spiro atoms. The van der Waals surface area contributed by atoms with Crippen molar-refractivity contribution in [3.8, 4) is 11.4 Å². The van der Waals surface area contributed by atoms with Crippen LogP contribution in [0.5, 0.6) is 0 Å². The molecule has 0 atom stereocenters. The summed E-state index contributed by atoms with van der Waals surface area (Å²) in [6.45, 7) is 3.99. The third-order valence-electron chi connectivity index (χ3n) is 2.24. The first-order chi connectivity index (χ1) is 7.59. The number of benzene rings is 1. The van der Waals surface area contributed by atoms with Crippen LogP contribution in [0.15, 0.2) is 18.2 Å². The van der Waals surface area contributed by atoms with Gasteiger partial charge in [0.1, 0.15) is 11.6 Å². The SMILES string of the molecule is CC(C)c1nc(-c2cccc(F)c2Cl)n[nH]1. The number of H-pyrrole nitrogens is 1. The fourth-order valence-corrected chi connectivity index (χ4v) is 1.54. The van der Waals surface area contributed by atoms with Gasteiger partial charge in [-0.1, -0.05) is 31.5 Å². The molecular weight excluding hydrogens is 229 g/mol. The smallest absolute Gasteiger partial charge is 0.182 e. The molecule has 0 aliphatic heterocycles. The first kappa shape index (κ1) is 11.1. The number of nitrogens with zero attached hydrogens (tertiary/aromatic N) is 2. The summed E-state index contributed by atoms with van der Waals surface area (Å²) in [7, 11) is 0. The van der Waals surface area contributed by atoms with Gasteiger partial charge in [0, 0.05) is 11.5 Å². The zero-order valence-corrected chi connectivity index (χ0v) is 9.72. The largest absolute Gasteiger partial charge is 0.262 e. The van der Waals surface area contributed by atoms with Crippen molar-refractivity contribution in [2.75, 3.05) is 0 Å². The molecule has 3 nitrogen and oxygen atoms in total. The number of hydrogen-bond donors (Lipinski definition) is 1. The normalized spacial score (nSPS) is 11.1. The first-order valence-corrected chi connectivity index (χ1v) is 5.34. The second kappa shape index (κ2) is 4.22. The van der Waals surface area contributed by atoms with Gasteiger partial charge in [0.25, 0.3) is 0 Å². The summed E-state index contributed by atoms with van der Waals surface area (Å²) in [5, 5.41) is 6.88. The summed E-state index contributed by atoms with van der Waals surface area (Å²) >= 11 is 5.85. The monoisotopic (exact) mass is 239 g/mol. The first-order valence-electron chi connectivity index (χ1n) is 4.96. The van der Waals surface area contributed by atoms with E-state index in [1.54, 1.807) is 12.1 Å². The lowest BCUT2D eigenvalue weighted by Crippen LogP contribution is -1.90. The molecule has 0 unspecified atom stereocenters. The zero-order valence-electron chi connectivity index (χ0n) is 8.96. The van der Waals surface area contributed by atoms with Gasteiger partial charge >= 0.3 is 0 Å². The van der Waals surface area contributed by atoms with Crippen LogP contribution in [0.1, 0.15) is 25.6 Å². The third kappa shape index (κ3) is 1.93. The second-order valence-corrected chi connectivity index (χ2v) is 4.18. The molecule has 0 bridgehead atoms. The predicted octanol–water partition coefficient (Wildman–Crippen LogP) is 3.39. The van der Waals surface area contributed by atoms with E-state index in [2.05, 4.69) is 15.2 Å². The number of halogens is 2. The molecule has 0 saturated heterocycles. The van der Waals surface area contributed by atoms with Crippen LogP contribution in [0.4, 0.5) is 4.39 Å². The fraction of sp³-hybridized carbons (Fsp3) is 0.273. The molecule has 0 aliphatic carbocycles. The minimum atomic E-state index is -0.463. The van der Waals surface area contributed by atoms with Gasteiger partial charge in [-0.05, 0) is 12.1 Å². The summed E-state index contributed by atoms with van der Waals surface area (Å²) in [6.07, 6.45) is 0. The number of aromatic amines is 1. The molecular formula is C11H11ClFN3. The lowest BCUT2D eigenvalue weighted by atomic mass is 10.2. The molecule has 1 aromatic heterocycles. The van der Waals surface area contributed by atoms with Crippen LogP contribution in [0.3, 0.4) is 0 Å². The quantitative estimate of drug-likeness (QED) is 0.873. The van der Waals surface area contributed by atoms with Gasteiger partial charge in [-0.15, -0.1) is 0 Å². The van der Waals surface area contributed by atoms with Crippen LogP contribution >= 0.6 is 11.6 Å². The number of aromatic nitrogens is 3. The third-order valence-corrected chi connectivity index (χ3v) is 2.63. The van der Waals surface area contributed by atoms with E-state index < -0.39 is 5.82 Å². The average Bonchev–Trinajstić information content (AvgIpc) is 2.71. The molecule has 5 heteroatoms. The Bertz CT molecular complexity index is 508. The minimum Gasteiger partial charge on any atom is -0.262 e. The van der Waals surface area contributed by atoms with E-state index in [9.17, 15) is 4.39 Å². The highest BCUT2D eigenvalue weighted by Gasteiger charge is 2.13. The van der Waals surface area contributed by atoms with Gasteiger partial charge in [-0.2, -0.15) is 5.10 Å². The maximum absolute atomic E-state index is 13.2. The Morgan fingerprint density at radius 3 is 2.75 bits per heavy atom. The molecule has 0 saturated carbocycles. The van der Waals surface area contributed by atoms with Gasteiger partial charge in [0.15, 0.2) is 5.82 Å². The fourth-order valence-electron chi connectivity index (χ4n) is 1.33. The van der Waals surface area contributed by atoms with E-state index in [0.29, 0.717) is 11.4 Å². The Morgan fingerprint density at radius 1 is 1.38 bits per heavy atom. The molecule has 2 rings (SSSR count). The number of rotatable bonds is 2. The Kier molecular flexibility index (Phi) is 2.92. The maximum Gasteiger partial charge on any atom is 0.182 e. The van der Waals surface area contributed by atoms with Gasteiger partial charge < -0.3 is 0 Å². The van der Waals surface area contributed by atoms with Crippen LogP contribution in [0.25, 0.3) is 11.4 Å². The highest BCUT2D eigenvalue weighted by atomic mass is 35.5. The minimum absolute atomic E-state index is 0.0526. The summed E-state index contributed by atoms with van der Waals surface area (Å²) < 4.78 is 13.2. The molecule has 1 aromatic carbocycles. The van der Waals surface area contributed by atoms with Crippen molar-refractivity contribution >= 4 is 11.6 Å². The summed E-state index contributed by atoms with van der Waals surface area (Å²) in [4.78, 5) is 4.26. The van der Waals surface area contributed by atoms with Crippen molar-refractivity contribution in [3.05, 3.63) is 34.9 Å². The molecule has 2 aromatic rings. The van der Waals surface area contributed by atoms with E-state index in [4.69, 9.17) is 11.6 Å². The average molecular weight is 240 g/mol. The topological polar surface area (TPSA) is 41.6 Å². The van der Waals surface area contributed by atoms with Crippen molar-refractivity contribution < 1.29 is 4.39 Å². The van der Waals surface area contributed by atoms with Crippen molar-refractivity contribution in [3.63, 3.8) is 0 Å². The van der Waals surface area contributed by atoms with Gasteiger partial charge in [0.05, 0.1) is 5.02 Å². The van der Waals surface area contributed by atoms with Crippen LogP contribution in [-0.2, 0) is 0 Å². The molecule has 0 radical (unpaired) electrons. The molecule has 0 amide bonds. The molecule has 16 heavy (non-hydrogen) atoms. The maximum atomic E-state index is 13.2. The summed E-state index contributed by atoms with van der Waals surface area (Å²) in [5.74, 6) is 0.965. The standard InChI is InChI=1S/C11H11ClFN3/c1-6(2)10-14-11(16-15-10)7-4-3-5-8(13)9(7)12/h3-6H,1-2H3,(H,14,15,16). The molecule has 1 heterocycles. The van der Waals surface area contributed by atoms with Crippen LogP contribution < -0.4 is 0 Å². The van der Waals surface area contributed by atoms with Gasteiger partial charge in [-0.3, -0.25) is 5.10 Å². The molecule has 0 fully saturated rings. The van der Waals surface area contributed by atoms with E-state index >= 15 is 0 Å². The van der Waals surface area contributed by atoms with Crippen LogP contribution in [0, 0.1) is 5.82 Å². The Labute approximate surface area is 97.7 Å². The van der Waals surface area contributed by atoms with Gasteiger partial charge in [0.2, 0.25) is 0 Å². The van der Waals surface area contributed by atoms with Crippen molar-refractivity contribution in [1.29, 1.82) is 0 Å². The molecule has 0 aliphatic rings. The summed E-state index contributed by atoms with van der Waals surface area (Å²) in [6, 6.07) is 4.59. The van der Waals surface area contributed by atoms with Crippen LogP contribution in [0.2, 0.25) is 5.02 Å². The predicted molar refractivity (Wildman–Crippen MR) is 60.9 cm³/mol. The number of hydrogen-bond acceptors (Lipinski definition) is 2. The summed E-state index contributed by atoms with van der Waals surface area (Å²) in [5.41, 5.74) is 0.504. The Morgan fingerprint density at radius 2 is 2.12 bits per heavy atom. The zero-order chi connectivity index (χ0) is 11.7. The van der Waals surface area contributed by atoms with E-state index in [1.165, 1.54) is 6.07 Å². The Balaban J connectivity index is 2.47. The van der Waals surface area contributed by atoms with E-state index in [-0.39, 0.29) is 10.9 Å². The lowest BCUT2D eigenvalue weighted by Gasteiger charge is -1.99. The molecule has 84 valence electrons.